The molecule has 1 aromatic carbocycles. The van der Waals surface area contributed by atoms with Gasteiger partial charge in [0.05, 0.1) is 29.2 Å². The van der Waals surface area contributed by atoms with E-state index in [1.165, 1.54) is 31.5 Å². The van der Waals surface area contributed by atoms with Crippen molar-refractivity contribution in [2.24, 2.45) is 0 Å². The molecular weight excluding hydrogens is 533 g/mol. The number of likely N-dealkylation sites (tertiary alicyclic amines) is 1. The Balaban J connectivity index is 2.03. The van der Waals surface area contributed by atoms with Crippen molar-refractivity contribution >= 4 is 40.8 Å². The fourth-order valence-electron chi connectivity index (χ4n) is 4.71. The first kappa shape index (κ1) is 29.1. The van der Waals surface area contributed by atoms with Gasteiger partial charge in [0.25, 0.3) is 5.91 Å². The number of nitrogens with one attached hydrogen (secondary N) is 1. The Hall–Kier alpha value is -2.47. The standard InChI is InChI=1S/C24H30Cl2F2N4O5/c1-14(2)19-16(26)12-29-32(19)24(7-9-31(10-8-24)23(3,13-36-4)21(34)35)20(33)30-17-6-5-15(25)11-18(17)37-22(27)28/h5-6,11-12,14,22H,7-10,13H2,1-4H3,(H,30,33)(H,34,35). The van der Waals surface area contributed by atoms with Gasteiger partial charge in [-0.1, -0.05) is 37.0 Å². The van der Waals surface area contributed by atoms with E-state index in [4.69, 9.17) is 27.9 Å². The molecule has 1 aliphatic heterocycles. The van der Waals surface area contributed by atoms with E-state index in [-0.39, 0.29) is 54.9 Å². The second kappa shape index (κ2) is 11.5. The number of aromatic nitrogens is 2. The summed E-state index contributed by atoms with van der Waals surface area (Å²) in [6.45, 7) is 2.65. The molecule has 9 nitrogen and oxygen atoms in total. The summed E-state index contributed by atoms with van der Waals surface area (Å²) in [5.41, 5.74) is -1.97. The van der Waals surface area contributed by atoms with Crippen molar-refractivity contribution in [1.82, 2.24) is 14.7 Å². The number of halogens is 4. The summed E-state index contributed by atoms with van der Waals surface area (Å²) in [7, 11) is 1.43. The highest BCUT2D eigenvalue weighted by Gasteiger charge is 2.50. The molecular formula is C24H30Cl2F2N4O5. The zero-order valence-electron chi connectivity index (χ0n) is 20.9. The van der Waals surface area contributed by atoms with Crippen molar-refractivity contribution in [3.63, 3.8) is 0 Å². The molecule has 1 atom stereocenters. The molecule has 37 heavy (non-hydrogen) atoms. The molecule has 1 aromatic heterocycles. The molecule has 1 amide bonds. The Morgan fingerprint density at radius 1 is 1.27 bits per heavy atom. The second-order valence-corrected chi connectivity index (χ2v) is 10.3. The summed E-state index contributed by atoms with van der Waals surface area (Å²) in [6, 6.07) is 4.00. The smallest absolute Gasteiger partial charge is 0.387 e. The number of nitrogens with zero attached hydrogens (tertiary/aromatic N) is 3. The lowest BCUT2D eigenvalue weighted by Crippen LogP contribution is -2.62. The third-order valence-electron chi connectivity index (χ3n) is 6.72. The normalized spacial score (nSPS) is 17.6. The van der Waals surface area contributed by atoms with Crippen LogP contribution in [-0.2, 0) is 19.9 Å². The van der Waals surface area contributed by atoms with Crippen LogP contribution in [-0.4, -0.2) is 70.6 Å². The fourth-order valence-corrected chi connectivity index (χ4v) is 5.21. The first-order valence-electron chi connectivity index (χ1n) is 11.6. The SMILES string of the molecule is COCC(C)(C(=O)O)N1CCC(C(=O)Nc2ccc(Cl)cc2OC(F)F)(n2ncc(Cl)c2C(C)C)CC1. The zero-order valence-corrected chi connectivity index (χ0v) is 22.4. The van der Waals surface area contributed by atoms with Crippen LogP contribution >= 0.6 is 23.2 Å². The molecule has 1 aliphatic rings. The number of methoxy groups -OCH3 is 1. The van der Waals surface area contributed by atoms with E-state index in [1.54, 1.807) is 16.5 Å². The highest BCUT2D eigenvalue weighted by molar-refractivity contribution is 6.31. The van der Waals surface area contributed by atoms with Crippen LogP contribution in [0.3, 0.4) is 0 Å². The molecule has 0 radical (unpaired) electrons. The van der Waals surface area contributed by atoms with Crippen LogP contribution in [0.2, 0.25) is 10.0 Å². The molecule has 2 aromatic rings. The van der Waals surface area contributed by atoms with E-state index in [9.17, 15) is 23.5 Å². The van der Waals surface area contributed by atoms with Crippen LogP contribution in [0.5, 0.6) is 5.75 Å². The van der Waals surface area contributed by atoms with Crippen LogP contribution in [0, 0.1) is 0 Å². The lowest BCUT2D eigenvalue weighted by molar-refractivity contribution is -0.156. The summed E-state index contributed by atoms with van der Waals surface area (Å²) >= 11 is 12.4. The van der Waals surface area contributed by atoms with Gasteiger partial charge in [-0.15, -0.1) is 0 Å². The minimum Gasteiger partial charge on any atom is -0.480 e. The Morgan fingerprint density at radius 3 is 2.46 bits per heavy atom. The Kier molecular flexibility index (Phi) is 9.05. The topological polar surface area (TPSA) is 106 Å². The van der Waals surface area contributed by atoms with E-state index < -0.39 is 29.6 Å². The molecule has 1 saturated heterocycles. The Labute approximate surface area is 223 Å². The van der Waals surface area contributed by atoms with Gasteiger partial charge < -0.3 is 19.9 Å². The minimum absolute atomic E-state index is 0.00983. The Bertz CT molecular complexity index is 1140. The van der Waals surface area contributed by atoms with Gasteiger partial charge in [0.15, 0.2) is 5.75 Å². The largest absolute Gasteiger partial charge is 0.480 e. The lowest BCUT2D eigenvalue weighted by atomic mass is 9.83. The maximum Gasteiger partial charge on any atom is 0.387 e. The van der Waals surface area contributed by atoms with Gasteiger partial charge in [0.2, 0.25) is 0 Å². The maximum absolute atomic E-state index is 14.0. The number of amides is 1. The van der Waals surface area contributed by atoms with Gasteiger partial charge in [-0.05, 0) is 37.8 Å². The number of anilines is 1. The van der Waals surface area contributed by atoms with Crippen LogP contribution < -0.4 is 10.1 Å². The predicted octanol–water partition coefficient (Wildman–Crippen LogP) is 4.83. The predicted molar refractivity (Wildman–Crippen MR) is 135 cm³/mol. The van der Waals surface area contributed by atoms with Gasteiger partial charge in [0, 0.05) is 31.3 Å². The molecule has 2 heterocycles. The van der Waals surface area contributed by atoms with Crippen LogP contribution in [0.4, 0.5) is 14.5 Å². The molecule has 13 heteroatoms. The molecule has 3 rings (SSSR count). The van der Waals surface area contributed by atoms with Crippen LogP contribution in [0.1, 0.15) is 45.2 Å². The summed E-state index contributed by atoms with van der Waals surface area (Å²) < 4.78 is 37.4. The minimum atomic E-state index is -3.13. The van der Waals surface area contributed by atoms with Gasteiger partial charge in [0.1, 0.15) is 11.1 Å². The number of aliphatic carboxylic acids is 1. The second-order valence-electron chi connectivity index (χ2n) is 9.45. The number of benzene rings is 1. The number of carboxylic acid groups (broad SMARTS) is 1. The average Bonchev–Trinajstić information content (AvgIpc) is 3.22. The molecule has 204 valence electrons. The average molecular weight is 563 g/mol. The zero-order chi connectivity index (χ0) is 27.5. The van der Waals surface area contributed by atoms with Crippen molar-refractivity contribution in [3.05, 3.63) is 40.1 Å². The van der Waals surface area contributed by atoms with E-state index in [1.807, 2.05) is 13.8 Å². The molecule has 0 spiro atoms. The van der Waals surface area contributed by atoms with E-state index in [0.29, 0.717) is 10.7 Å². The molecule has 1 unspecified atom stereocenters. The van der Waals surface area contributed by atoms with Crippen molar-refractivity contribution in [2.75, 3.05) is 32.1 Å². The molecule has 1 fully saturated rings. The van der Waals surface area contributed by atoms with Gasteiger partial charge in [-0.2, -0.15) is 13.9 Å². The molecule has 0 saturated carbocycles. The number of hydrogen-bond donors (Lipinski definition) is 2. The van der Waals surface area contributed by atoms with E-state index >= 15 is 0 Å². The third kappa shape index (κ3) is 5.84. The summed E-state index contributed by atoms with van der Waals surface area (Å²) in [4.78, 5) is 27.8. The number of rotatable bonds is 10. The van der Waals surface area contributed by atoms with Crippen molar-refractivity contribution < 1.29 is 33.0 Å². The highest BCUT2D eigenvalue weighted by Crippen LogP contribution is 2.39. The fraction of sp³-hybridized carbons (Fsp3) is 0.542. The molecule has 2 N–H and O–H groups in total. The van der Waals surface area contributed by atoms with Crippen molar-refractivity contribution in [2.45, 2.75) is 57.2 Å². The number of hydrogen-bond acceptors (Lipinski definition) is 6. The number of carboxylic acids is 1. The lowest BCUT2D eigenvalue weighted by Gasteiger charge is -2.46. The summed E-state index contributed by atoms with van der Waals surface area (Å²) in [5.74, 6) is -1.96. The number of alkyl halides is 2. The maximum atomic E-state index is 14.0. The number of carbonyl (C=O) groups is 2. The van der Waals surface area contributed by atoms with Crippen molar-refractivity contribution in [3.8, 4) is 5.75 Å². The van der Waals surface area contributed by atoms with Crippen molar-refractivity contribution in [1.29, 1.82) is 0 Å². The summed E-state index contributed by atoms with van der Waals surface area (Å²) in [5, 5.41) is 17.6. The monoisotopic (exact) mass is 562 g/mol. The quantitative estimate of drug-likeness (QED) is 0.427. The third-order valence-corrected chi connectivity index (χ3v) is 7.24. The first-order valence-corrected chi connectivity index (χ1v) is 12.4. The van der Waals surface area contributed by atoms with Gasteiger partial charge in [-0.25, -0.2) is 0 Å². The highest BCUT2D eigenvalue weighted by atomic mass is 35.5. The molecule has 0 aliphatic carbocycles. The first-order chi connectivity index (χ1) is 17.4. The number of ether oxygens (including phenoxy) is 2. The number of carbonyl (C=O) groups excluding carboxylic acids is 1. The van der Waals surface area contributed by atoms with E-state index in [2.05, 4.69) is 15.2 Å². The van der Waals surface area contributed by atoms with Gasteiger partial charge in [-0.3, -0.25) is 19.2 Å². The number of piperidine rings is 1. The van der Waals surface area contributed by atoms with Crippen LogP contribution in [0.25, 0.3) is 0 Å². The Morgan fingerprint density at radius 2 is 1.92 bits per heavy atom. The molecule has 0 bridgehead atoms. The van der Waals surface area contributed by atoms with Gasteiger partial charge >= 0.3 is 12.6 Å². The summed E-state index contributed by atoms with van der Waals surface area (Å²) in [6.07, 6.45) is 1.79. The van der Waals surface area contributed by atoms with E-state index in [0.717, 1.165) is 0 Å². The van der Waals surface area contributed by atoms with Crippen LogP contribution in [0.15, 0.2) is 24.4 Å².